The van der Waals surface area contributed by atoms with Crippen LogP contribution in [0.1, 0.15) is 44.6 Å². The first-order valence-electron chi connectivity index (χ1n) is 7.34. The molecule has 1 unspecified atom stereocenters. The van der Waals surface area contributed by atoms with Crippen LogP contribution in [-0.4, -0.2) is 18.5 Å². The maximum atomic E-state index is 12.7. The van der Waals surface area contributed by atoms with Gasteiger partial charge in [-0.25, -0.2) is 0 Å². The van der Waals surface area contributed by atoms with Gasteiger partial charge in [0, 0.05) is 17.6 Å². The first kappa shape index (κ1) is 18.3. The van der Waals surface area contributed by atoms with Crippen LogP contribution in [-0.2, 0) is 10.2 Å². The fraction of sp³-hybridized carbons (Fsp3) is 0.562. The summed E-state index contributed by atoms with van der Waals surface area (Å²) in [4.78, 5) is 12.7. The molecule has 1 fully saturated rings. The lowest BCUT2D eigenvalue weighted by Gasteiger charge is -2.28. The Morgan fingerprint density at radius 1 is 1.43 bits per heavy atom. The van der Waals surface area contributed by atoms with Crippen molar-refractivity contribution in [2.24, 2.45) is 5.73 Å². The molecule has 0 aromatic heterocycles. The minimum atomic E-state index is -0.400. The first-order chi connectivity index (χ1) is 9.54. The minimum Gasteiger partial charge on any atom is -0.355 e. The Kier molecular flexibility index (Phi) is 6.98. The van der Waals surface area contributed by atoms with E-state index < -0.39 is 5.41 Å². The van der Waals surface area contributed by atoms with Gasteiger partial charge in [0.05, 0.1) is 5.41 Å². The van der Waals surface area contributed by atoms with E-state index in [-0.39, 0.29) is 24.4 Å². The van der Waals surface area contributed by atoms with Gasteiger partial charge in [0.2, 0.25) is 5.91 Å². The second-order valence-corrected chi connectivity index (χ2v) is 6.26. The molecule has 3 N–H and O–H groups in total. The number of benzene rings is 1. The standard InChI is InChI=1S/C16H23ClN2O.ClH/c1-12(18)7-10-19-15(20)16(8-2-3-9-16)13-5-4-6-14(17)11-13;/h4-6,11-12H,2-3,7-10,18H2,1H3,(H,19,20);1H. The smallest absolute Gasteiger partial charge is 0.230 e. The monoisotopic (exact) mass is 330 g/mol. The number of rotatable bonds is 5. The molecule has 1 saturated carbocycles. The van der Waals surface area contributed by atoms with Crippen LogP contribution in [0.5, 0.6) is 0 Å². The number of carbonyl (C=O) groups is 1. The van der Waals surface area contributed by atoms with E-state index in [0.717, 1.165) is 37.7 Å². The van der Waals surface area contributed by atoms with Crippen LogP contribution in [0.4, 0.5) is 0 Å². The third kappa shape index (κ3) is 4.35. The summed E-state index contributed by atoms with van der Waals surface area (Å²) < 4.78 is 0. The van der Waals surface area contributed by atoms with Crippen LogP contribution in [0.3, 0.4) is 0 Å². The van der Waals surface area contributed by atoms with E-state index in [4.69, 9.17) is 17.3 Å². The predicted octanol–water partition coefficient (Wildman–Crippen LogP) is 3.43. The van der Waals surface area contributed by atoms with E-state index in [1.165, 1.54) is 0 Å². The predicted molar refractivity (Wildman–Crippen MR) is 90.1 cm³/mol. The Morgan fingerprint density at radius 3 is 2.67 bits per heavy atom. The van der Waals surface area contributed by atoms with E-state index in [1.54, 1.807) is 0 Å². The van der Waals surface area contributed by atoms with Crippen molar-refractivity contribution in [2.75, 3.05) is 6.54 Å². The average Bonchev–Trinajstić information content (AvgIpc) is 2.88. The van der Waals surface area contributed by atoms with Crippen LogP contribution in [0.25, 0.3) is 0 Å². The lowest BCUT2D eigenvalue weighted by molar-refractivity contribution is -0.126. The Labute approximate surface area is 138 Å². The Morgan fingerprint density at radius 2 is 2.10 bits per heavy atom. The Hall–Kier alpha value is -0.770. The van der Waals surface area contributed by atoms with Crippen molar-refractivity contribution in [3.8, 4) is 0 Å². The van der Waals surface area contributed by atoms with Crippen molar-refractivity contribution in [1.29, 1.82) is 0 Å². The summed E-state index contributed by atoms with van der Waals surface area (Å²) in [5, 5.41) is 3.74. The molecule has 2 rings (SSSR count). The molecule has 0 aliphatic heterocycles. The first-order valence-corrected chi connectivity index (χ1v) is 7.72. The van der Waals surface area contributed by atoms with Gasteiger partial charge >= 0.3 is 0 Å². The summed E-state index contributed by atoms with van der Waals surface area (Å²) in [5.41, 5.74) is 6.37. The molecule has 3 nitrogen and oxygen atoms in total. The summed E-state index contributed by atoms with van der Waals surface area (Å²) in [5.74, 6) is 0.123. The number of nitrogens with one attached hydrogen (secondary N) is 1. The fourth-order valence-electron chi connectivity index (χ4n) is 2.99. The second kappa shape index (κ2) is 8.02. The van der Waals surface area contributed by atoms with Crippen LogP contribution < -0.4 is 11.1 Å². The van der Waals surface area contributed by atoms with Crippen LogP contribution in [0.15, 0.2) is 24.3 Å². The third-order valence-corrected chi connectivity index (χ3v) is 4.39. The second-order valence-electron chi connectivity index (χ2n) is 5.82. The molecule has 5 heteroatoms. The molecule has 1 aliphatic carbocycles. The molecule has 1 aromatic carbocycles. The zero-order chi connectivity index (χ0) is 14.6. The van der Waals surface area contributed by atoms with Gasteiger partial charge in [-0.05, 0) is 43.9 Å². The van der Waals surface area contributed by atoms with Crippen molar-refractivity contribution in [2.45, 2.75) is 50.5 Å². The minimum absolute atomic E-state index is 0. The van der Waals surface area contributed by atoms with Crippen molar-refractivity contribution < 1.29 is 4.79 Å². The highest BCUT2D eigenvalue weighted by molar-refractivity contribution is 6.30. The van der Waals surface area contributed by atoms with Gasteiger partial charge in [-0.3, -0.25) is 4.79 Å². The Bertz CT molecular complexity index is 471. The summed E-state index contributed by atoms with van der Waals surface area (Å²) in [6.45, 7) is 2.59. The zero-order valence-electron chi connectivity index (χ0n) is 12.4. The highest BCUT2D eigenvalue weighted by Gasteiger charge is 2.42. The van der Waals surface area contributed by atoms with Crippen molar-refractivity contribution in [3.63, 3.8) is 0 Å². The molecule has 0 bridgehead atoms. The van der Waals surface area contributed by atoms with Crippen LogP contribution in [0.2, 0.25) is 5.02 Å². The molecule has 0 saturated heterocycles. The van der Waals surface area contributed by atoms with Crippen LogP contribution >= 0.6 is 24.0 Å². The highest BCUT2D eigenvalue weighted by atomic mass is 35.5. The molecule has 1 aliphatic rings. The average molecular weight is 331 g/mol. The normalized spacial score (nSPS) is 17.9. The number of amides is 1. The van der Waals surface area contributed by atoms with Gasteiger partial charge in [0.25, 0.3) is 0 Å². The number of halogens is 2. The van der Waals surface area contributed by atoms with E-state index >= 15 is 0 Å². The summed E-state index contributed by atoms with van der Waals surface area (Å²) in [6.07, 6.45) is 4.78. The highest BCUT2D eigenvalue weighted by Crippen LogP contribution is 2.42. The molecule has 0 spiro atoms. The topological polar surface area (TPSA) is 55.1 Å². The lowest BCUT2D eigenvalue weighted by Crippen LogP contribution is -2.43. The largest absolute Gasteiger partial charge is 0.355 e. The van der Waals surface area contributed by atoms with Gasteiger partial charge in [0.1, 0.15) is 0 Å². The van der Waals surface area contributed by atoms with E-state index in [1.807, 2.05) is 31.2 Å². The quantitative estimate of drug-likeness (QED) is 0.868. The molecular weight excluding hydrogens is 307 g/mol. The molecule has 0 heterocycles. The molecule has 1 atom stereocenters. The molecule has 0 radical (unpaired) electrons. The molecular formula is C16H24Cl2N2O. The molecule has 1 amide bonds. The molecule has 21 heavy (non-hydrogen) atoms. The van der Waals surface area contributed by atoms with Crippen LogP contribution in [0, 0.1) is 0 Å². The number of hydrogen-bond acceptors (Lipinski definition) is 2. The summed E-state index contributed by atoms with van der Waals surface area (Å²) >= 11 is 6.09. The van der Waals surface area contributed by atoms with Crippen molar-refractivity contribution in [1.82, 2.24) is 5.32 Å². The Balaban J connectivity index is 0.00000220. The maximum Gasteiger partial charge on any atom is 0.230 e. The molecule has 1 aromatic rings. The van der Waals surface area contributed by atoms with E-state index in [2.05, 4.69) is 5.32 Å². The SMILES string of the molecule is CC(N)CCNC(=O)C1(c2cccc(Cl)c2)CCCC1.Cl. The zero-order valence-corrected chi connectivity index (χ0v) is 14.0. The molecule has 118 valence electrons. The van der Waals surface area contributed by atoms with Crippen molar-refractivity contribution in [3.05, 3.63) is 34.9 Å². The van der Waals surface area contributed by atoms with E-state index in [0.29, 0.717) is 11.6 Å². The van der Waals surface area contributed by atoms with Gasteiger partial charge in [-0.1, -0.05) is 36.6 Å². The number of hydrogen-bond donors (Lipinski definition) is 2. The van der Waals surface area contributed by atoms with Gasteiger partial charge in [-0.2, -0.15) is 0 Å². The summed E-state index contributed by atoms with van der Waals surface area (Å²) in [6, 6.07) is 7.83. The fourth-order valence-corrected chi connectivity index (χ4v) is 3.18. The van der Waals surface area contributed by atoms with Gasteiger partial charge in [0.15, 0.2) is 0 Å². The number of carbonyl (C=O) groups excluding carboxylic acids is 1. The maximum absolute atomic E-state index is 12.7. The van der Waals surface area contributed by atoms with Gasteiger partial charge in [-0.15, -0.1) is 12.4 Å². The van der Waals surface area contributed by atoms with Gasteiger partial charge < -0.3 is 11.1 Å². The lowest BCUT2D eigenvalue weighted by atomic mass is 9.78. The van der Waals surface area contributed by atoms with Crippen molar-refractivity contribution >= 4 is 29.9 Å². The van der Waals surface area contributed by atoms with E-state index in [9.17, 15) is 4.79 Å². The third-order valence-electron chi connectivity index (χ3n) is 4.15. The number of nitrogens with two attached hydrogens (primary N) is 1. The summed E-state index contributed by atoms with van der Waals surface area (Å²) in [7, 11) is 0.